The zero-order chi connectivity index (χ0) is 20.2. The van der Waals surface area contributed by atoms with Crippen LogP contribution in [0, 0.1) is 6.92 Å². The van der Waals surface area contributed by atoms with Gasteiger partial charge in [0.25, 0.3) is 0 Å². The monoisotopic (exact) mass is 404 g/mol. The van der Waals surface area contributed by atoms with E-state index in [0.29, 0.717) is 6.61 Å². The molecule has 0 radical (unpaired) electrons. The van der Waals surface area contributed by atoms with Gasteiger partial charge in [-0.05, 0) is 66.6 Å². The van der Waals surface area contributed by atoms with Crippen molar-refractivity contribution in [1.29, 1.82) is 0 Å². The van der Waals surface area contributed by atoms with E-state index in [4.69, 9.17) is 21.1 Å². The predicted octanol–water partition coefficient (Wildman–Crippen LogP) is 6.29. The van der Waals surface area contributed by atoms with Crippen molar-refractivity contribution in [2.45, 2.75) is 13.5 Å². The van der Waals surface area contributed by atoms with Gasteiger partial charge in [-0.2, -0.15) is 0 Å². The smallest absolute Gasteiger partial charge is 0.138 e. The molecule has 0 saturated carbocycles. The Hall–Kier alpha value is -3.24. The number of H-pyrrole nitrogens is 1. The standard InChI is InChI=1S/C24H21ClN2O2/c1-16-23(18-6-10-20(25)11-7-18)27-24(26-16)19-8-12-21(13-9-19)29-15-17-4-3-5-22(14-17)28-2/h3-14H,15H2,1-2H3,(H,26,27). The van der Waals surface area contributed by atoms with Gasteiger partial charge >= 0.3 is 0 Å². The number of aryl methyl sites for hydroxylation is 1. The van der Waals surface area contributed by atoms with Crippen molar-refractivity contribution in [1.82, 2.24) is 9.97 Å². The van der Waals surface area contributed by atoms with Crippen LogP contribution < -0.4 is 9.47 Å². The number of nitrogens with one attached hydrogen (secondary N) is 1. The molecule has 0 unspecified atom stereocenters. The molecular formula is C24H21ClN2O2. The Morgan fingerprint density at radius 1 is 0.897 bits per heavy atom. The highest BCUT2D eigenvalue weighted by atomic mass is 35.5. The van der Waals surface area contributed by atoms with Crippen LogP contribution in [0.1, 0.15) is 11.3 Å². The Kier molecular flexibility index (Phi) is 5.54. The summed E-state index contributed by atoms with van der Waals surface area (Å²) < 4.78 is 11.1. The zero-order valence-corrected chi connectivity index (χ0v) is 17.0. The maximum absolute atomic E-state index is 5.99. The molecule has 4 nitrogen and oxygen atoms in total. The number of ether oxygens (including phenoxy) is 2. The molecule has 0 spiro atoms. The van der Waals surface area contributed by atoms with Crippen molar-refractivity contribution in [3.8, 4) is 34.1 Å². The fraction of sp³-hybridized carbons (Fsp3) is 0.125. The second-order valence-corrected chi connectivity index (χ2v) is 7.15. The highest BCUT2D eigenvalue weighted by molar-refractivity contribution is 6.30. The summed E-state index contributed by atoms with van der Waals surface area (Å²) >= 11 is 5.99. The number of hydrogen-bond acceptors (Lipinski definition) is 3. The lowest BCUT2D eigenvalue weighted by molar-refractivity contribution is 0.305. The minimum atomic E-state index is 0.483. The average molecular weight is 405 g/mol. The normalized spacial score (nSPS) is 10.7. The molecule has 1 aromatic heterocycles. The van der Waals surface area contributed by atoms with E-state index in [1.54, 1.807) is 7.11 Å². The molecule has 0 aliphatic carbocycles. The number of hydrogen-bond donors (Lipinski definition) is 1. The average Bonchev–Trinajstić information content (AvgIpc) is 3.15. The summed E-state index contributed by atoms with van der Waals surface area (Å²) in [6, 6.07) is 23.5. The Bertz CT molecular complexity index is 1100. The van der Waals surface area contributed by atoms with E-state index in [9.17, 15) is 0 Å². The Labute approximate surface area is 175 Å². The van der Waals surface area contributed by atoms with E-state index in [1.165, 1.54) is 0 Å². The first-order valence-electron chi connectivity index (χ1n) is 9.31. The highest BCUT2D eigenvalue weighted by Crippen LogP contribution is 2.28. The third kappa shape index (κ3) is 4.44. The van der Waals surface area contributed by atoms with Gasteiger partial charge in [-0.25, -0.2) is 4.98 Å². The Balaban J connectivity index is 1.48. The number of rotatable bonds is 6. The van der Waals surface area contributed by atoms with Crippen LogP contribution in [0.15, 0.2) is 72.8 Å². The minimum absolute atomic E-state index is 0.483. The summed E-state index contributed by atoms with van der Waals surface area (Å²) in [6.45, 7) is 2.48. The topological polar surface area (TPSA) is 47.1 Å². The fourth-order valence-electron chi connectivity index (χ4n) is 3.13. The van der Waals surface area contributed by atoms with Crippen molar-refractivity contribution in [3.05, 3.63) is 89.1 Å². The van der Waals surface area contributed by atoms with Gasteiger partial charge in [0.15, 0.2) is 0 Å². The maximum Gasteiger partial charge on any atom is 0.138 e. The van der Waals surface area contributed by atoms with Gasteiger partial charge in [0.05, 0.1) is 18.5 Å². The number of aromatic amines is 1. The molecule has 5 heteroatoms. The molecule has 0 saturated heterocycles. The molecule has 0 fully saturated rings. The third-order valence-corrected chi connectivity index (χ3v) is 4.94. The van der Waals surface area contributed by atoms with Gasteiger partial charge in [-0.3, -0.25) is 0 Å². The van der Waals surface area contributed by atoms with E-state index < -0.39 is 0 Å². The summed E-state index contributed by atoms with van der Waals surface area (Å²) in [5.41, 5.74) is 5.06. The van der Waals surface area contributed by atoms with Crippen LogP contribution in [0.4, 0.5) is 0 Å². The lowest BCUT2D eigenvalue weighted by Gasteiger charge is -2.08. The van der Waals surface area contributed by atoms with Crippen LogP contribution in [0.2, 0.25) is 5.02 Å². The summed E-state index contributed by atoms with van der Waals surface area (Å²) in [6.07, 6.45) is 0. The largest absolute Gasteiger partial charge is 0.497 e. The molecule has 0 atom stereocenters. The summed E-state index contributed by atoms with van der Waals surface area (Å²) in [5.74, 6) is 2.45. The van der Waals surface area contributed by atoms with Gasteiger partial charge in [0, 0.05) is 10.6 Å². The number of nitrogens with zero attached hydrogens (tertiary/aromatic N) is 1. The number of imidazole rings is 1. The van der Waals surface area contributed by atoms with Gasteiger partial charge in [-0.1, -0.05) is 35.9 Å². The number of halogens is 1. The summed E-state index contributed by atoms with van der Waals surface area (Å²) in [7, 11) is 1.66. The molecule has 0 aliphatic rings. The van der Waals surface area contributed by atoms with Crippen LogP contribution in [0.3, 0.4) is 0 Å². The maximum atomic E-state index is 5.99. The molecule has 29 heavy (non-hydrogen) atoms. The van der Waals surface area contributed by atoms with Crippen LogP contribution >= 0.6 is 11.6 Å². The molecule has 1 N–H and O–H groups in total. The van der Waals surface area contributed by atoms with Crippen molar-refractivity contribution in [2.75, 3.05) is 7.11 Å². The quantitative estimate of drug-likeness (QED) is 0.410. The zero-order valence-electron chi connectivity index (χ0n) is 16.3. The van der Waals surface area contributed by atoms with E-state index in [2.05, 4.69) is 9.97 Å². The van der Waals surface area contributed by atoms with Gasteiger partial charge in [0.1, 0.15) is 23.9 Å². The van der Waals surface area contributed by atoms with Crippen LogP contribution in [-0.2, 0) is 6.61 Å². The van der Waals surface area contributed by atoms with E-state index in [1.807, 2.05) is 79.7 Å². The van der Waals surface area contributed by atoms with E-state index >= 15 is 0 Å². The summed E-state index contributed by atoms with van der Waals surface area (Å²) in [4.78, 5) is 8.09. The lowest BCUT2D eigenvalue weighted by Crippen LogP contribution is -1.96. The first kappa shape index (κ1) is 19.1. The van der Waals surface area contributed by atoms with Crippen LogP contribution in [-0.4, -0.2) is 17.1 Å². The second kappa shape index (κ2) is 8.41. The molecule has 4 rings (SSSR count). The van der Waals surface area contributed by atoms with E-state index in [-0.39, 0.29) is 0 Å². The molecule has 146 valence electrons. The molecule has 0 amide bonds. The first-order valence-corrected chi connectivity index (χ1v) is 9.69. The Morgan fingerprint density at radius 3 is 2.34 bits per heavy atom. The number of aromatic nitrogens is 2. The first-order chi connectivity index (χ1) is 14.1. The van der Waals surface area contributed by atoms with Crippen molar-refractivity contribution >= 4 is 11.6 Å². The van der Waals surface area contributed by atoms with Crippen molar-refractivity contribution in [3.63, 3.8) is 0 Å². The van der Waals surface area contributed by atoms with Gasteiger partial charge < -0.3 is 14.5 Å². The second-order valence-electron chi connectivity index (χ2n) is 6.72. The fourth-order valence-corrected chi connectivity index (χ4v) is 3.26. The molecule has 1 heterocycles. The van der Waals surface area contributed by atoms with Crippen LogP contribution in [0.5, 0.6) is 11.5 Å². The van der Waals surface area contributed by atoms with Crippen molar-refractivity contribution < 1.29 is 9.47 Å². The highest BCUT2D eigenvalue weighted by Gasteiger charge is 2.10. The van der Waals surface area contributed by atoms with E-state index in [0.717, 1.165) is 50.4 Å². The predicted molar refractivity (Wildman–Crippen MR) is 117 cm³/mol. The molecule has 4 aromatic rings. The summed E-state index contributed by atoms with van der Waals surface area (Å²) in [5, 5.41) is 0.718. The molecule has 0 aliphatic heterocycles. The number of methoxy groups -OCH3 is 1. The van der Waals surface area contributed by atoms with Crippen molar-refractivity contribution in [2.24, 2.45) is 0 Å². The molecule has 3 aromatic carbocycles. The molecule has 0 bridgehead atoms. The Morgan fingerprint density at radius 2 is 1.62 bits per heavy atom. The van der Waals surface area contributed by atoms with Gasteiger partial charge in [0.2, 0.25) is 0 Å². The molecular weight excluding hydrogens is 384 g/mol. The van der Waals surface area contributed by atoms with Gasteiger partial charge in [-0.15, -0.1) is 0 Å². The lowest BCUT2D eigenvalue weighted by atomic mass is 10.1. The minimum Gasteiger partial charge on any atom is -0.497 e. The third-order valence-electron chi connectivity index (χ3n) is 4.69. The van der Waals surface area contributed by atoms with Crippen LogP contribution in [0.25, 0.3) is 22.6 Å². The SMILES string of the molecule is COc1cccc(COc2ccc(-c3nc(C)c(-c4ccc(Cl)cc4)[nH]3)cc2)c1. The number of benzene rings is 3.